The summed E-state index contributed by atoms with van der Waals surface area (Å²) in [6.45, 7) is 5.87. The second-order valence-corrected chi connectivity index (χ2v) is 3.14. The lowest BCUT2D eigenvalue weighted by Crippen LogP contribution is -1.96. The third kappa shape index (κ3) is 2.52. The highest BCUT2D eigenvalue weighted by molar-refractivity contribution is 9.10. The molecule has 0 bridgehead atoms. The summed E-state index contributed by atoms with van der Waals surface area (Å²) >= 11 is 3.06. The molecule has 13 heavy (non-hydrogen) atoms. The number of halogens is 2. The van der Waals surface area contributed by atoms with Gasteiger partial charge in [-0.1, -0.05) is 6.58 Å². The van der Waals surface area contributed by atoms with Crippen LogP contribution in [0.1, 0.15) is 12.5 Å². The molecule has 1 aromatic rings. The van der Waals surface area contributed by atoms with E-state index in [1.807, 2.05) is 6.92 Å². The predicted octanol–water partition coefficient (Wildman–Crippen LogP) is 2.99. The Morgan fingerprint density at radius 2 is 2.38 bits per heavy atom. The predicted molar refractivity (Wildman–Crippen MR) is 52.6 cm³/mol. The Morgan fingerprint density at radius 3 is 2.92 bits per heavy atom. The molecule has 0 amide bonds. The van der Waals surface area contributed by atoms with Crippen molar-refractivity contribution in [3.63, 3.8) is 0 Å². The highest BCUT2D eigenvalue weighted by Gasteiger charge is 2.07. The average Bonchev–Trinajstić information content (AvgIpc) is 2.04. The van der Waals surface area contributed by atoms with E-state index in [0.717, 1.165) is 0 Å². The Kier molecular flexibility index (Phi) is 3.42. The maximum absolute atomic E-state index is 13.1. The molecule has 0 unspecified atom stereocenters. The van der Waals surface area contributed by atoms with Crippen LogP contribution in [0.25, 0.3) is 5.76 Å². The molecule has 0 aliphatic heterocycles. The molecule has 0 N–H and O–H groups in total. The molecule has 0 saturated heterocycles. The molecular weight excluding hydrogens is 237 g/mol. The fourth-order valence-electron chi connectivity index (χ4n) is 0.872. The van der Waals surface area contributed by atoms with Gasteiger partial charge in [0.1, 0.15) is 10.4 Å². The van der Waals surface area contributed by atoms with E-state index in [9.17, 15) is 4.39 Å². The second-order valence-electron chi connectivity index (χ2n) is 2.33. The van der Waals surface area contributed by atoms with Gasteiger partial charge in [0.2, 0.25) is 5.95 Å². The van der Waals surface area contributed by atoms with Gasteiger partial charge in [0.25, 0.3) is 0 Å². The zero-order chi connectivity index (χ0) is 9.84. The molecule has 0 atom stereocenters. The smallest absolute Gasteiger partial charge is 0.224 e. The summed E-state index contributed by atoms with van der Waals surface area (Å²) in [6, 6.07) is 3.22. The summed E-state index contributed by atoms with van der Waals surface area (Å²) in [5, 5.41) is 0. The molecule has 0 fully saturated rings. The SMILES string of the molecule is C=C(OCC)c1ccc(Br)nc1F. The van der Waals surface area contributed by atoms with Crippen LogP contribution in [-0.4, -0.2) is 11.6 Å². The lowest BCUT2D eigenvalue weighted by molar-refractivity contribution is 0.297. The highest BCUT2D eigenvalue weighted by atomic mass is 79.9. The minimum Gasteiger partial charge on any atom is -0.494 e. The number of hydrogen-bond donors (Lipinski definition) is 0. The number of hydrogen-bond acceptors (Lipinski definition) is 2. The van der Waals surface area contributed by atoms with Crippen LogP contribution in [0.5, 0.6) is 0 Å². The maximum atomic E-state index is 13.1. The molecule has 2 nitrogen and oxygen atoms in total. The number of pyridine rings is 1. The molecule has 1 aromatic heterocycles. The molecule has 0 spiro atoms. The second kappa shape index (κ2) is 4.37. The standard InChI is InChI=1S/C9H9BrFNO/c1-3-13-6(2)7-4-5-8(10)12-9(7)11/h4-5H,2-3H2,1H3. The molecule has 0 saturated carbocycles. The quantitative estimate of drug-likeness (QED) is 0.604. The zero-order valence-electron chi connectivity index (χ0n) is 7.18. The number of aromatic nitrogens is 1. The van der Waals surface area contributed by atoms with Crippen molar-refractivity contribution in [2.24, 2.45) is 0 Å². The van der Waals surface area contributed by atoms with Crippen molar-refractivity contribution < 1.29 is 9.13 Å². The van der Waals surface area contributed by atoms with Crippen molar-refractivity contribution in [3.8, 4) is 0 Å². The van der Waals surface area contributed by atoms with Crippen LogP contribution < -0.4 is 0 Å². The first-order valence-electron chi connectivity index (χ1n) is 3.79. The number of rotatable bonds is 3. The zero-order valence-corrected chi connectivity index (χ0v) is 8.77. The Morgan fingerprint density at radius 1 is 1.69 bits per heavy atom. The van der Waals surface area contributed by atoms with Gasteiger partial charge in [-0.2, -0.15) is 4.39 Å². The van der Waals surface area contributed by atoms with Crippen LogP contribution in [0.3, 0.4) is 0 Å². The first-order chi connectivity index (χ1) is 6.15. The van der Waals surface area contributed by atoms with Crippen molar-refractivity contribution >= 4 is 21.7 Å². The van der Waals surface area contributed by atoms with E-state index in [0.29, 0.717) is 22.5 Å². The minimum atomic E-state index is -0.576. The van der Waals surface area contributed by atoms with Gasteiger partial charge >= 0.3 is 0 Å². The van der Waals surface area contributed by atoms with Crippen LogP contribution in [0.4, 0.5) is 4.39 Å². The van der Waals surface area contributed by atoms with Crippen molar-refractivity contribution in [2.75, 3.05) is 6.61 Å². The summed E-state index contributed by atoms with van der Waals surface area (Å²) in [5.74, 6) is -0.271. The fourth-order valence-corrected chi connectivity index (χ4v) is 1.16. The molecule has 70 valence electrons. The largest absolute Gasteiger partial charge is 0.494 e. The van der Waals surface area contributed by atoms with E-state index in [1.54, 1.807) is 12.1 Å². The Labute approximate surface area is 84.6 Å². The van der Waals surface area contributed by atoms with Crippen molar-refractivity contribution in [1.82, 2.24) is 4.98 Å². The van der Waals surface area contributed by atoms with Crippen LogP contribution in [-0.2, 0) is 4.74 Å². The molecule has 1 rings (SSSR count). The molecule has 0 aliphatic carbocycles. The van der Waals surface area contributed by atoms with Gasteiger partial charge in [-0.05, 0) is 35.0 Å². The van der Waals surface area contributed by atoms with Crippen LogP contribution in [0.2, 0.25) is 0 Å². The number of ether oxygens (including phenoxy) is 1. The lowest BCUT2D eigenvalue weighted by Gasteiger charge is -2.06. The van der Waals surface area contributed by atoms with Crippen LogP contribution in [0, 0.1) is 5.95 Å². The third-order valence-electron chi connectivity index (χ3n) is 1.43. The molecule has 4 heteroatoms. The van der Waals surface area contributed by atoms with Crippen molar-refractivity contribution in [3.05, 3.63) is 34.8 Å². The normalized spacial score (nSPS) is 9.77. The van der Waals surface area contributed by atoms with E-state index < -0.39 is 5.95 Å². The van der Waals surface area contributed by atoms with Gasteiger partial charge in [0.05, 0.1) is 12.2 Å². The van der Waals surface area contributed by atoms with Crippen molar-refractivity contribution in [1.29, 1.82) is 0 Å². The Hall–Kier alpha value is -0.900. The van der Waals surface area contributed by atoms with E-state index in [-0.39, 0.29) is 0 Å². The molecule has 0 radical (unpaired) electrons. The first kappa shape index (κ1) is 10.2. The van der Waals surface area contributed by atoms with Gasteiger partial charge in [-0.25, -0.2) is 4.98 Å². The monoisotopic (exact) mass is 245 g/mol. The van der Waals surface area contributed by atoms with Gasteiger partial charge in [0.15, 0.2) is 0 Å². The average molecular weight is 246 g/mol. The van der Waals surface area contributed by atoms with Gasteiger partial charge in [-0.15, -0.1) is 0 Å². The van der Waals surface area contributed by atoms with Crippen LogP contribution in [0.15, 0.2) is 23.3 Å². The Bertz CT molecular complexity index is 327. The van der Waals surface area contributed by atoms with Crippen molar-refractivity contribution in [2.45, 2.75) is 6.92 Å². The molecule has 0 aliphatic rings. The Balaban J connectivity index is 2.95. The fraction of sp³-hybridized carbons (Fsp3) is 0.222. The van der Waals surface area contributed by atoms with E-state index in [2.05, 4.69) is 27.5 Å². The lowest BCUT2D eigenvalue weighted by atomic mass is 10.2. The van der Waals surface area contributed by atoms with E-state index in [1.165, 1.54) is 0 Å². The van der Waals surface area contributed by atoms with Gasteiger partial charge in [-0.3, -0.25) is 0 Å². The number of nitrogens with zero attached hydrogens (tertiary/aromatic N) is 1. The van der Waals surface area contributed by atoms with Gasteiger partial charge < -0.3 is 4.74 Å². The van der Waals surface area contributed by atoms with Crippen LogP contribution >= 0.6 is 15.9 Å². The maximum Gasteiger partial charge on any atom is 0.224 e. The summed E-state index contributed by atoms with van der Waals surface area (Å²) in [7, 11) is 0. The summed E-state index contributed by atoms with van der Waals surface area (Å²) < 4.78 is 18.7. The summed E-state index contributed by atoms with van der Waals surface area (Å²) in [5.41, 5.74) is 0.296. The topological polar surface area (TPSA) is 22.1 Å². The molecular formula is C9H9BrFNO. The molecule has 0 aromatic carbocycles. The van der Waals surface area contributed by atoms with Gasteiger partial charge in [0, 0.05) is 0 Å². The molecule has 1 heterocycles. The van der Waals surface area contributed by atoms with E-state index in [4.69, 9.17) is 4.74 Å². The minimum absolute atomic E-state index is 0.296. The van der Waals surface area contributed by atoms with E-state index >= 15 is 0 Å². The highest BCUT2D eigenvalue weighted by Crippen LogP contribution is 2.18. The first-order valence-corrected chi connectivity index (χ1v) is 4.58. The third-order valence-corrected chi connectivity index (χ3v) is 1.88. The summed E-state index contributed by atoms with van der Waals surface area (Å²) in [4.78, 5) is 3.59. The summed E-state index contributed by atoms with van der Waals surface area (Å²) in [6.07, 6.45) is 0.